The number of hydrazine groups is 1. The molecule has 19 heavy (non-hydrogen) atoms. The highest BCUT2D eigenvalue weighted by molar-refractivity contribution is 9.10. The number of benzene rings is 1. The van der Waals surface area contributed by atoms with Gasteiger partial charge >= 0.3 is 17.7 Å². The molecular weight excluding hydrogens is 332 g/mol. The van der Waals surface area contributed by atoms with Gasteiger partial charge in [-0.05, 0) is 18.6 Å². The standard InChI is InChI=1S/C9H8BrF2N3O4/c1-4-2-5(10)3-6(15(17)18)7(4)19-9(11,12)8(16)14-13/h2-3H,13H2,1H3,(H,14,16). The molecule has 0 aliphatic heterocycles. The number of alkyl halides is 2. The van der Waals surface area contributed by atoms with Gasteiger partial charge in [0.2, 0.25) is 5.75 Å². The molecule has 0 aromatic heterocycles. The molecule has 0 atom stereocenters. The number of hydrogen-bond acceptors (Lipinski definition) is 5. The maximum Gasteiger partial charge on any atom is 0.483 e. The molecule has 0 aliphatic rings. The van der Waals surface area contributed by atoms with Crippen LogP contribution in [0.2, 0.25) is 0 Å². The molecule has 0 saturated heterocycles. The third kappa shape index (κ3) is 3.35. The van der Waals surface area contributed by atoms with Crippen molar-refractivity contribution in [2.45, 2.75) is 13.0 Å². The number of carbonyl (C=O) groups excluding carboxylic acids is 1. The molecule has 1 amide bonds. The zero-order chi connectivity index (χ0) is 14.8. The smallest absolute Gasteiger partial charge is 0.418 e. The Morgan fingerprint density at radius 3 is 2.63 bits per heavy atom. The molecule has 0 aliphatic carbocycles. The SMILES string of the molecule is Cc1cc(Br)cc([N+](=O)[O-])c1OC(F)(F)C(=O)NN. The quantitative estimate of drug-likeness (QED) is 0.375. The summed E-state index contributed by atoms with van der Waals surface area (Å²) in [5.74, 6) is 1.95. The van der Waals surface area contributed by atoms with Crippen LogP contribution in [0.1, 0.15) is 5.56 Å². The molecule has 0 unspecified atom stereocenters. The highest BCUT2D eigenvalue weighted by Gasteiger charge is 2.44. The third-order valence-corrected chi connectivity index (χ3v) is 2.50. The van der Waals surface area contributed by atoms with E-state index >= 15 is 0 Å². The summed E-state index contributed by atoms with van der Waals surface area (Å²) in [7, 11) is 0. The number of carbonyl (C=O) groups is 1. The van der Waals surface area contributed by atoms with Crippen molar-refractivity contribution < 1.29 is 23.2 Å². The van der Waals surface area contributed by atoms with Crippen molar-refractivity contribution in [1.29, 1.82) is 0 Å². The Hall–Kier alpha value is -1.81. The normalized spacial score (nSPS) is 11.0. The van der Waals surface area contributed by atoms with Gasteiger partial charge in [-0.25, -0.2) is 5.84 Å². The van der Waals surface area contributed by atoms with Crippen molar-refractivity contribution in [3.8, 4) is 5.75 Å². The second-order valence-corrected chi connectivity index (χ2v) is 4.34. The Balaban J connectivity index is 3.28. The number of ether oxygens (including phenoxy) is 1. The van der Waals surface area contributed by atoms with Crippen molar-refractivity contribution >= 4 is 27.5 Å². The van der Waals surface area contributed by atoms with Crippen molar-refractivity contribution in [2.24, 2.45) is 5.84 Å². The van der Waals surface area contributed by atoms with E-state index in [9.17, 15) is 23.7 Å². The fraction of sp³-hybridized carbons (Fsp3) is 0.222. The van der Waals surface area contributed by atoms with Crippen LogP contribution >= 0.6 is 15.9 Å². The average molecular weight is 340 g/mol. The Kier molecular flexibility index (Phi) is 4.37. The average Bonchev–Trinajstić information content (AvgIpc) is 2.30. The van der Waals surface area contributed by atoms with Gasteiger partial charge in [-0.1, -0.05) is 15.9 Å². The van der Waals surface area contributed by atoms with Gasteiger partial charge in [-0.15, -0.1) is 0 Å². The Morgan fingerprint density at radius 1 is 1.58 bits per heavy atom. The highest BCUT2D eigenvalue weighted by atomic mass is 79.9. The van der Waals surface area contributed by atoms with Crippen LogP contribution in [0, 0.1) is 17.0 Å². The molecule has 3 N–H and O–H groups in total. The van der Waals surface area contributed by atoms with Gasteiger partial charge in [0.25, 0.3) is 0 Å². The van der Waals surface area contributed by atoms with Crippen LogP contribution in [0.25, 0.3) is 0 Å². The molecule has 1 aromatic carbocycles. The molecule has 104 valence electrons. The first kappa shape index (κ1) is 15.2. The molecular formula is C9H8BrF2N3O4. The number of nitro groups is 1. The molecule has 0 bridgehead atoms. The Morgan fingerprint density at radius 2 is 2.16 bits per heavy atom. The summed E-state index contributed by atoms with van der Waals surface area (Å²) in [5, 5.41) is 10.8. The van der Waals surface area contributed by atoms with E-state index in [0.29, 0.717) is 4.47 Å². The van der Waals surface area contributed by atoms with Crippen molar-refractivity contribution in [3.05, 3.63) is 32.3 Å². The van der Waals surface area contributed by atoms with Gasteiger partial charge in [0.1, 0.15) is 0 Å². The van der Waals surface area contributed by atoms with Crippen LogP contribution in [0.3, 0.4) is 0 Å². The molecule has 0 radical (unpaired) electrons. The van der Waals surface area contributed by atoms with Crippen LogP contribution in [0.4, 0.5) is 14.5 Å². The zero-order valence-corrected chi connectivity index (χ0v) is 11.0. The van der Waals surface area contributed by atoms with Crippen LogP contribution in [0.5, 0.6) is 5.75 Å². The lowest BCUT2D eigenvalue weighted by Gasteiger charge is -2.17. The third-order valence-electron chi connectivity index (χ3n) is 2.04. The number of nitro benzene ring substituents is 1. The fourth-order valence-electron chi connectivity index (χ4n) is 1.24. The molecule has 0 spiro atoms. The van der Waals surface area contributed by atoms with E-state index in [1.807, 2.05) is 0 Å². The monoisotopic (exact) mass is 339 g/mol. The van der Waals surface area contributed by atoms with E-state index in [1.54, 1.807) is 0 Å². The predicted molar refractivity (Wildman–Crippen MR) is 63.4 cm³/mol. The first-order chi connectivity index (χ1) is 8.69. The number of rotatable bonds is 4. The van der Waals surface area contributed by atoms with E-state index in [4.69, 9.17) is 0 Å². The summed E-state index contributed by atoms with van der Waals surface area (Å²) >= 11 is 2.99. The van der Waals surface area contributed by atoms with Gasteiger partial charge in [0.15, 0.2) is 0 Å². The van der Waals surface area contributed by atoms with Crippen LogP contribution in [0.15, 0.2) is 16.6 Å². The maximum absolute atomic E-state index is 13.3. The van der Waals surface area contributed by atoms with Gasteiger partial charge in [-0.2, -0.15) is 8.78 Å². The molecule has 1 aromatic rings. The van der Waals surface area contributed by atoms with E-state index in [1.165, 1.54) is 18.4 Å². The zero-order valence-electron chi connectivity index (χ0n) is 9.45. The van der Waals surface area contributed by atoms with E-state index in [0.717, 1.165) is 6.07 Å². The molecule has 1 rings (SSSR count). The summed E-state index contributed by atoms with van der Waals surface area (Å²) in [6.07, 6.45) is -4.32. The number of nitrogens with two attached hydrogens (primary N) is 1. The second kappa shape index (κ2) is 5.45. The topological polar surface area (TPSA) is 107 Å². The lowest BCUT2D eigenvalue weighted by molar-refractivity contribution is -0.387. The number of nitrogens with zero attached hydrogens (tertiary/aromatic N) is 1. The van der Waals surface area contributed by atoms with E-state index in [-0.39, 0.29) is 5.56 Å². The second-order valence-electron chi connectivity index (χ2n) is 3.42. The number of hydrogen-bond donors (Lipinski definition) is 2. The van der Waals surface area contributed by atoms with Gasteiger partial charge in [-0.3, -0.25) is 20.3 Å². The number of halogens is 3. The lowest BCUT2D eigenvalue weighted by atomic mass is 10.2. The van der Waals surface area contributed by atoms with Crippen LogP contribution < -0.4 is 16.0 Å². The minimum absolute atomic E-state index is 0.0607. The molecule has 7 nitrogen and oxygen atoms in total. The molecule has 0 saturated carbocycles. The van der Waals surface area contributed by atoms with Gasteiger partial charge in [0.05, 0.1) is 4.92 Å². The summed E-state index contributed by atoms with van der Waals surface area (Å²) in [6, 6.07) is 2.32. The molecule has 10 heteroatoms. The summed E-state index contributed by atoms with van der Waals surface area (Å²) in [5.41, 5.74) is 0.575. The lowest BCUT2D eigenvalue weighted by Crippen LogP contribution is -2.47. The first-order valence-electron chi connectivity index (χ1n) is 4.71. The van der Waals surface area contributed by atoms with Gasteiger partial charge in [0, 0.05) is 10.5 Å². The first-order valence-corrected chi connectivity index (χ1v) is 5.50. The van der Waals surface area contributed by atoms with Crippen molar-refractivity contribution in [2.75, 3.05) is 0 Å². The molecule has 0 heterocycles. The minimum Gasteiger partial charge on any atom is -0.418 e. The number of aryl methyl sites for hydroxylation is 1. The minimum atomic E-state index is -4.32. The predicted octanol–water partition coefficient (Wildman–Crippen LogP) is 1.63. The summed E-state index contributed by atoms with van der Waals surface area (Å²) < 4.78 is 31.0. The van der Waals surface area contributed by atoms with E-state index in [2.05, 4.69) is 26.5 Å². The van der Waals surface area contributed by atoms with Crippen LogP contribution in [-0.4, -0.2) is 16.9 Å². The number of amides is 1. The largest absolute Gasteiger partial charge is 0.483 e. The fourth-order valence-corrected chi connectivity index (χ4v) is 1.80. The summed E-state index contributed by atoms with van der Waals surface area (Å²) in [4.78, 5) is 20.7. The number of nitrogens with one attached hydrogen (secondary N) is 1. The Bertz CT molecular complexity index is 538. The van der Waals surface area contributed by atoms with Crippen molar-refractivity contribution in [3.63, 3.8) is 0 Å². The van der Waals surface area contributed by atoms with Crippen LogP contribution in [-0.2, 0) is 4.79 Å². The Labute approximate surface area is 114 Å². The summed E-state index contributed by atoms with van der Waals surface area (Å²) in [6.45, 7) is 1.32. The highest BCUT2D eigenvalue weighted by Crippen LogP contribution is 2.37. The van der Waals surface area contributed by atoms with Gasteiger partial charge < -0.3 is 4.74 Å². The maximum atomic E-state index is 13.3. The molecule has 0 fully saturated rings. The van der Waals surface area contributed by atoms with E-state index < -0.39 is 28.4 Å². The van der Waals surface area contributed by atoms with Crippen molar-refractivity contribution in [1.82, 2.24) is 5.43 Å².